The topological polar surface area (TPSA) is 41.5 Å². The van der Waals surface area contributed by atoms with Crippen LogP contribution in [0.3, 0.4) is 0 Å². The summed E-state index contributed by atoms with van der Waals surface area (Å²) in [6, 6.07) is 6.76. The van der Waals surface area contributed by atoms with Crippen LogP contribution in [-0.2, 0) is 11.3 Å². The molecule has 0 amide bonds. The first-order valence-electron chi connectivity index (χ1n) is 5.11. The summed E-state index contributed by atoms with van der Waals surface area (Å²) in [7, 11) is 0. The third kappa shape index (κ3) is 6.13. The summed E-state index contributed by atoms with van der Waals surface area (Å²) in [6.07, 6.45) is -4.28. The Hall–Kier alpha value is -1.27. The number of phenolic OH excluding ortho intramolecular Hbond substituents is 1. The Morgan fingerprint density at radius 3 is 2.59 bits per heavy atom. The van der Waals surface area contributed by atoms with Crippen LogP contribution in [0.1, 0.15) is 5.56 Å². The molecule has 0 unspecified atom stereocenters. The van der Waals surface area contributed by atoms with Gasteiger partial charge in [-0.1, -0.05) is 18.2 Å². The molecule has 0 aliphatic rings. The fraction of sp³-hybridized carbons (Fsp3) is 0.455. The number of rotatable bonds is 6. The molecule has 0 bridgehead atoms. The molecule has 0 fully saturated rings. The van der Waals surface area contributed by atoms with Gasteiger partial charge in [0.15, 0.2) is 0 Å². The summed E-state index contributed by atoms with van der Waals surface area (Å²) < 4.78 is 39.5. The monoisotopic (exact) mass is 249 g/mol. The van der Waals surface area contributed by atoms with Crippen LogP contribution in [-0.4, -0.2) is 31.0 Å². The fourth-order valence-corrected chi connectivity index (χ4v) is 1.22. The molecule has 0 aromatic heterocycles. The van der Waals surface area contributed by atoms with E-state index in [2.05, 4.69) is 10.1 Å². The molecule has 1 aromatic carbocycles. The molecule has 0 aliphatic heterocycles. The van der Waals surface area contributed by atoms with Crippen molar-refractivity contribution in [3.05, 3.63) is 29.8 Å². The molecule has 0 saturated heterocycles. The zero-order valence-electron chi connectivity index (χ0n) is 9.13. The molecular formula is C11H14F3NO2. The lowest BCUT2D eigenvalue weighted by atomic mass is 10.2. The minimum Gasteiger partial charge on any atom is -0.508 e. The van der Waals surface area contributed by atoms with E-state index in [0.29, 0.717) is 18.7 Å². The Morgan fingerprint density at radius 2 is 1.94 bits per heavy atom. The normalized spacial score (nSPS) is 11.7. The van der Waals surface area contributed by atoms with Crippen LogP contribution in [0.25, 0.3) is 0 Å². The van der Waals surface area contributed by atoms with Crippen molar-refractivity contribution in [2.24, 2.45) is 0 Å². The van der Waals surface area contributed by atoms with Gasteiger partial charge in [-0.2, -0.15) is 13.2 Å². The molecule has 0 saturated carbocycles. The Kier molecular flexibility index (Phi) is 5.24. The summed E-state index contributed by atoms with van der Waals surface area (Å²) in [5.74, 6) is 0.163. The smallest absolute Gasteiger partial charge is 0.411 e. The average molecular weight is 249 g/mol. The van der Waals surface area contributed by atoms with E-state index in [1.165, 1.54) is 0 Å². The summed E-state index contributed by atoms with van der Waals surface area (Å²) in [5, 5.41) is 12.3. The lowest BCUT2D eigenvalue weighted by Gasteiger charge is -2.09. The second kappa shape index (κ2) is 6.46. The number of hydrogen-bond donors (Lipinski definition) is 2. The maximum Gasteiger partial charge on any atom is 0.411 e. The number of para-hydroxylation sites is 1. The van der Waals surface area contributed by atoms with Gasteiger partial charge in [0, 0.05) is 18.7 Å². The molecule has 0 aliphatic carbocycles. The van der Waals surface area contributed by atoms with Crippen molar-refractivity contribution in [3.8, 4) is 5.75 Å². The first kappa shape index (κ1) is 13.8. The van der Waals surface area contributed by atoms with Crippen LogP contribution in [0.2, 0.25) is 0 Å². The van der Waals surface area contributed by atoms with E-state index in [9.17, 15) is 18.3 Å². The maximum absolute atomic E-state index is 11.7. The first-order chi connectivity index (χ1) is 7.99. The largest absolute Gasteiger partial charge is 0.508 e. The minimum absolute atomic E-state index is 0.0207. The summed E-state index contributed by atoms with van der Waals surface area (Å²) in [5.41, 5.74) is 0.698. The molecule has 96 valence electrons. The Bertz CT molecular complexity index is 342. The van der Waals surface area contributed by atoms with Crippen molar-refractivity contribution >= 4 is 0 Å². The molecule has 0 atom stereocenters. The standard InChI is InChI=1S/C11H14F3NO2/c12-11(13,14)8-17-6-5-15-7-9-3-1-2-4-10(9)16/h1-4,15-16H,5-8H2. The van der Waals surface area contributed by atoms with Gasteiger partial charge in [-0.05, 0) is 6.07 Å². The number of benzene rings is 1. The average Bonchev–Trinajstić information content (AvgIpc) is 2.24. The summed E-state index contributed by atoms with van der Waals surface area (Å²) in [6.45, 7) is -0.565. The SMILES string of the molecule is Oc1ccccc1CNCCOCC(F)(F)F. The van der Waals surface area contributed by atoms with Gasteiger partial charge in [-0.15, -0.1) is 0 Å². The van der Waals surface area contributed by atoms with Crippen LogP contribution in [0.15, 0.2) is 24.3 Å². The fourth-order valence-electron chi connectivity index (χ4n) is 1.22. The Balaban J connectivity index is 2.11. The molecular weight excluding hydrogens is 235 g/mol. The molecule has 0 radical (unpaired) electrons. The van der Waals surface area contributed by atoms with Crippen molar-refractivity contribution in [2.45, 2.75) is 12.7 Å². The summed E-state index contributed by atoms with van der Waals surface area (Å²) >= 11 is 0. The zero-order valence-corrected chi connectivity index (χ0v) is 9.13. The highest BCUT2D eigenvalue weighted by molar-refractivity contribution is 5.31. The molecule has 1 rings (SSSR count). The van der Waals surface area contributed by atoms with E-state index < -0.39 is 12.8 Å². The summed E-state index contributed by atoms with van der Waals surface area (Å²) in [4.78, 5) is 0. The quantitative estimate of drug-likeness (QED) is 0.758. The van der Waals surface area contributed by atoms with Gasteiger partial charge < -0.3 is 15.2 Å². The molecule has 0 heterocycles. The van der Waals surface area contributed by atoms with Crippen molar-refractivity contribution in [1.29, 1.82) is 0 Å². The van der Waals surface area contributed by atoms with Crippen LogP contribution in [0, 0.1) is 0 Å². The molecule has 2 N–H and O–H groups in total. The van der Waals surface area contributed by atoms with Crippen molar-refractivity contribution in [2.75, 3.05) is 19.8 Å². The second-order valence-corrected chi connectivity index (χ2v) is 3.47. The van der Waals surface area contributed by atoms with Gasteiger partial charge in [-0.3, -0.25) is 0 Å². The van der Waals surface area contributed by atoms with E-state index in [1.807, 2.05) is 0 Å². The minimum atomic E-state index is -4.28. The van der Waals surface area contributed by atoms with E-state index in [0.717, 1.165) is 0 Å². The maximum atomic E-state index is 11.7. The third-order valence-corrected chi connectivity index (χ3v) is 2.00. The number of hydrogen-bond acceptors (Lipinski definition) is 3. The lowest BCUT2D eigenvalue weighted by Crippen LogP contribution is -2.23. The highest BCUT2D eigenvalue weighted by Gasteiger charge is 2.27. The molecule has 17 heavy (non-hydrogen) atoms. The van der Waals surface area contributed by atoms with Gasteiger partial charge in [0.2, 0.25) is 0 Å². The van der Waals surface area contributed by atoms with E-state index in [1.54, 1.807) is 24.3 Å². The highest BCUT2D eigenvalue weighted by atomic mass is 19.4. The second-order valence-electron chi connectivity index (χ2n) is 3.47. The zero-order chi connectivity index (χ0) is 12.7. The van der Waals surface area contributed by atoms with Crippen LogP contribution in [0.5, 0.6) is 5.75 Å². The van der Waals surface area contributed by atoms with Crippen LogP contribution < -0.4 is 5.32 Å². The van der Waals surface area contributed by atoms with E-state index >= 15 is 0 Å². The Labute approximate surface area is 97.2 Å². The van der Waals surface area contributed by atoms with E-state index in [-0.39, 0.29) is 12.4 Å². The van der Waals surface area contributed by atoms with Crippen molar-refractivity contribution in [3.63, 3.8) is 0 Å². The molecule has 6 heteroatoms. The highest BCUT2D eigenvalue weighted by Crippen LogP contribution is 2.15. The van der Waals surface area contributed by atoms with Gasteiger partial charge >= 0.3 is 6.18 Å². The van der Waals surface area contributed by atoms with Crippen LogP contribution >= 0.6 is 0 Å². The van der Waals surface area contributed by atoms with Gasteiger partial charge in [0.05, 0.1) is 6.61 Å². The first-order valence-corrected chi connectivity index (χ1v) is 5.11. The molecule has 3 nitrogen and oxygen atoms in total. The third-order valence-electron chi connectivity index (χ3n) is 2.00. The number of nitrogens with one attached hydrogen (secondary N) is 1. The van der Waals surface area contributed by atoms with Crippen molar-refractivity contribution < 1.29 is 23.0 Å². The van der Waals surface area contributed by atoms with Gasteiger partial charge in [-0.25, -0.2) is 0 Å². The van der Waals surface area contributed by atoms with Crippen molar-refractivity contribution in [1.82, 2.24) is 5.32 Å². The number of halogens is 3. The number of phenols is 1. The van der Waals surface area contributed by atoms with Crippen LogP contribution in [0.4, 0.5) is 13.2 Å². The van der Waals surface area contributed by atoms with Gasteiger partial charge in [0.25, 0.3) is 0 Å². The van der Waals surface area contributed by atoms with E-state index in [4.69, 9.17) is 0 Å². The molecule has 0 spiro atoms. The number of aromatic hydroxyl groups is 1. The predicted molar refractivity (Wildman–Crippen MR) is 56.7 cm³/mol. The number of alkyl halides is 3. The molecule has 1 aromatic rings. The Morgan fingerprint density at radius 1 is 1.24 bits per heavy atom. The van der Waals surface area contributed by atoms with Gasteiger partial charge in [0.1, 0.15) is 12.4 Å². The number of ether oxygens (including phenoxy) is 1. The lowest BCUT2D eigenvalue weighted by molar-refractivity contribution is -0.173. The predicted octanol–water partition coefficient (Wildman–Crippen LogP) is 2.06.